The second-order valence-corrected chi connectivity index (χ2v) is 5.13. The fourth-order valence-corrected chi connectivity index (χ4v) is 2.85. The van der Waals surface area contributed by atoms with Crippen LogP contribution < -0.4 is 5.32 Å². The summed E-state index contributed by atoms with van der Waals surface area (Å²) in [4.78, 5) is 0. The summed E-state index contributed by atoms with van der Waals surface area (Å²) in [7, 11) is 0. The van der Waals surface area contributed by atoms with Gasteiger partial charge in [-0.15, -0.1) is 0 Å². The number of nitriles is 2. The number of nitrogens with zero attached hydrogens (tertiary/aromatic N) is 2. The molecule has 0 bridgehead atoms. The minimum atomic E-state index is -0.00333. The summed E-state index contributed by atoms with van der Waals surface area (Å²) in [6.45, 7) is 1.86. The lowest BCUT2D eigenvalue weighted by Gasteiger charge is -2.11. The van der Waals surface area contributed by atoms with E-state index in [1.807, 2.05) is 6.92 Å². The lowest BCUT2D eigenvalue weighted by molar-refractivity contribution is 1.38. The molecule has 17 heavy (non-hydrogen) atoms. The molecule has 0 fully saturated rings. The van der Waals surface area contributed by atoms with Crippen molar-refractivity contribution in [1.82, 2.24) is 0 Å². The van der Waals surface area contributed by atoms with E-state index in [4.69, 9.17) is 22.1 Å². The number of rotatable bonds is 2. The zero-order chi connectivity index (χ0) is 13.0. The topological polar surface area (TPSA) is 59.6 Å². The summed E-state index contributed by atoms with van der Waals surface area (Å²) in [6.07, 6.45) is 1.35. The summed E-state index contributed by atoms with van der Waals surface area (Å²) < 4.78 is 1.52. The molecule has 1 rings (SSSR count). The smallest absolute Gasteiger partial charge is 0.145 e. The van der Waals surface area contributed by atoms with Crippen LogP contribution in [0, 0.1) is 29.6 Å². The number of hydrogen-bond donors (Lipinski definition) is 1. The standard InChI is InChI=1S/C11H6Br2ClN3/c1-6-9(14)2-8(12)11(10(6)13)17-5-7(3-15)4-16/h2,5,17H,1H3. The van der Waals surface area contributed by atoms with Crippen molar-refractivity contribution in [2.24, 2.45) is 0 Å². The average Bonchev–Trinajstić information content (AvgIpc) is 2.31. The van der Waals surface area contributed by atoms with E-state index in [1.165, 1.54) is 6.20 Å². The van der Waals surface area contributed by atoms with Gasteiger partial charge >= 0.3 is 0 Å². The summed E-state index contributed by atoms with van der Waals surface area (Å²) in [5.74, 6) is 0. The fourth-order valence-electron chi connectivity index (χ4n) is 1.06. The Bertz CT molecular complexity index is 552. The van der Waals surface area contributed by atoms with Gasteiger partial charge in [0, 0.05) is 20.2 Å². The van der Waals surface area contributed by atoms with Crippen LogP contribution >= 0.6 is 43.5 Å². The molecular weight excluding hydrogens is 369 g/mol. The second-order valence-electron chi connectivity index (χ2n) is 3.08. The average molecular weight is 375 g/mol. The van der Waals surface area contributed by atoms with Gasteiger partial charge in [0.05, 0.1) is 5.69 Å². The van der Waals surface area contributed by atoms with Gasteiger partial charge < -0.3 is 5.32 Å². The van der Waals surface area contributed by atoms with Crippen LogP contribution in [0.2, 0.25) is 5.02 Å². The van der Waals surface area contributed by atoms with Crippen molar-refractivity contribution in [3.63, 3.8) is 0 Å². The molecule has 1 N–H and O–H groups in total. The number of allylic oxidation sites excluding steroid dienone is 1. The zero-order valence-electron chi connectivity index (χ0n) is 8.68. The highest BCUT2D eigenvalue weighted by Gasteiger charge is 2.10. The van der Waals surface area contributed by atoms with Crippen LogP contribution in [0.4, 0.5) is 5.69 Å². The molecule has 0 aromatic heterocycles. The van der Waals surface area contributed by atoms with Crippen molar-refractivity contribution in [2.75, 3.05) is 5.32 Å². The molecule has 0 saturated heterocycles. The molecule has 0 aliphatic heterocycles. The molecule has 0 heterocycles. The monoisotopic (exact) mass is 373 g/mol. The van der Waals surface area contributed by atoms with Crippen molar-refractivity contribution >= 4 is 49.1 Å². The molecule has 1 aromatic rings. The van der Waals surface area contributed by atoms with E-state index in [-0.39, 0.29) is 5.57 Å². The molecule has 0 radical (unpaired) electrons. The lowest BCUT2D eigenvalue weighted by Crippen LogP contribution is -1.94. The maximum absolute atomic E-state index is 8.62. The van der Waals surface area contributed by atoms with Crippen LogP contribution in [-0.2, 0) is 0 Å². The summed E-state index contributed by atoms with van der Waals surface area (Å²) in [5.41, 5.74) is 1.59. The van der Waals surface area contributed by atoms with E-state index < -0.39 is 0 Å². The third kappa shape index (κ3) is 3.23. The van der Waals surface area contributed by atoms with Gasteiger partial charge in [-0.2, -0.15) is 10.5 Å². The van der Waals surface area contributed by atoms with E-state index in [0.717, 1.165) is 20.2 Å². The molecule has 0 amide bonds. The first-order valence-electron chi connectivity index (χ1n) is 4.42. The third-order valence-electron chi connectivity index (χ3n) is 2.00. The van der Waals surface area contributed by atoms with Crippen molar-refractivity contribution in [1.29, 1.82) is 10.5 Å². The lowest BCUT2D eigenvalue weighted by atomic mass is 10.2. The fraction of sp³-hybridized carbons (Fsp3) is 0.0909. The van der Waals surface area contributed by atoms with E-state index >= 15 is 0 Å². The summed E-state index contributed by atoms with van der Waals surface area (Å²) in [6, 6.07) is 5.28. The molecule has 0 aliphatic rings. The Balaban J connectivity index is 3.18. The Labute approximate surface area is 121 Å². The molecule has 0 atom stereocenters. The predicted molar refractivity (Wildman–Crippen MR) is 74.5 cm³/mol. The van der Waals surface area contributed by atoms with Crippen LogP contribution in [0.1, 0.15) is 5.56 Å². The molecule has 0 saturated carbocycles. The van der Waals surface area contributed by atoms with Crippen molar-refractivity contribution in [3.8, 4) is 12.1 Å². The van der Waals surface area contributed by atoms with Crippen LogP contribution in [0.15, 0.2) is 26.8 Å². The maximum atomic E-state index is 8.62. The first kappa shape index (κ1) is 14.1. The van der Waals surface area contributed by atoms with Gasteiger partial charge in [-0.25, -0.2) is 0 Å². The Morgan fingerprint density at radius 2 is 2.00 bits per heavy atom. The molecule has 86 valence electrons. The van der Waals surface area contributed by atoms with Crippen LogP contribution in [-0.4, -0.2) is 0 Å². The molecular formula is C11H6Br2ClN3. The summed E-state index contributed by atoms with van der Waals surface area (Å²) >= 11 is 12.8. The van der Waals surface area contributed by atoms with Gasteiger partial charge in [0.25, 0.3) is 0 Å². The van der Waals surface area contributed by atoms with Crippen LogP contribution in [0.25, 0.3) is 0 Å². The number of halogens is 3. The van der Waals surface area contributed by atoms with Crippen molar-refractivity contribution < 1.29 is 0 Å². The summed E-state index contributed by atoms with van der Waals surface area (Å²) in [5, 5.41) is 20.7. The van der Waals surface area contributed by atoms with Crippen LogP contribution in [0.5, 0.6) is 0 Å². The Kier molecular flexibility index (Phi) is 5.02. The maximum Gasteiger partial charge on any atom is 0.145 e. The van der Waals surface area contributed by atoms with Gasteiger partial charge in [0.2, 0.25) is 0 Å². The van der Waals surface area contributed by atoms with E-state index in [2.05, 4.69) is 37.2 Å². The highest BCUT2D eigenvalue weighted by atomic mass is 79.9. The molecule has 0 spiro atoms. The Morgan fingerprint density at radius 1 is 1.41 bits per heavy atom. The minimum absolute atomic E-state index is 0.00333. The van der Waals surface area contributed by atoms with Gasteiger partial charge in [-0.3, -0.25) is 0 Å². The van der Waals surface area contributed by atoms with E-state index in [9.17, 15) is 0 Å². The molecule has 3 nitrogen and oxygen atoms in total. The van der Waals surface area contributed by atoms with E-state index in [1.54, 1.807) is 18.2 Å². The van der Waals surface area contributed by atoms with Gasteiger partial charge in [-0.05, 0) is 50.4 Å². The quantitative estimate of drug-likeness (QED) is 0.774. The highest BCUT2D eigenvalue weighted by molar-refractivity contribution is 9.11. The van der Waals surface area contributed by atoms with Crippen molar-refractivity contribution in [2.45, 2.75) is 6.92 Å². The molecule has 6 heteroatoms. The second kappa shape index (κ2) is 6.07. The number of anilines is 1. The number of benzene rings is 1. The van der Waals surface area contributed by atoms with Gasteiger partial charge in [0.15, 0.2) is 0 Å². The largest absolute Gasteiger partial charge is 0.358 e. The van der Waals surface area contributed by atoms with Crippen molar-refractivity contribution in [3.05, 3.63) is 37.4 Å². The number of nitrogens with one attached hydrogen (secondary N) is 1. The predicted octanol–water partition coefficient (Wildman–Crippen LogP) is 4.52. The van der Waals surface area contributed by atoms with E-state index in [0.29, 0.717) is 5.02 Å². The van der Waals surface area contributed by atoms with Gasteiger partial charge in [0.1, 0.15) is 17.7 Å². The zero-order valence-corrected chi connectivity index (χ0v) is 12.6. The Hall–Kier alpha value is -1.01. The third-order valence-corrected chi connectivity index (χ3v) is 4.01. The minimum Gasteiger partial charge on any atom is -0.358 e. The SMILES string of the molecule is Cc1c(Cl)cc(Br)c(NC=C(C#N)C#N)c1Br. The Morgan fingerprint density at radius 3 is 2.53 bits per heavy atom. The number of hydrogen-bond acceptors (Lipinski definition) is 3. The normalized spacial score (nSPS) is 9.06. The first-order chi connectivity index (χ1) is 8.01. The first-order valence-corrected chi connectivity index (χ1v) is 6.38. The van der Waals surface area contributed by atoms with Gasteiger partial charge in [-0.1, -0.05) is 11.6 Å². The highest BCUT2D eigenvalue weighted by Crippen LogP contribution is 2.37. The molecule has 1 aromatic carbocycles. The molecule has 0 unspecified atom stereocenters. The molecule has 0 aliphatic carbocycles. The van der Waals surface area contributed by atoms with Crippen LogP contribution in [0.3, 0.4) is 0 Å².